The van der Waals surface area contributed by atoms with Crippen molar-refractivity contribution in [3.63, 3.8) is 0 Å². The van der Waals surface area contributed by atoms with E-state index in [-0.39, 0.29) is 0 Å². The van der Waals surface area contributed by atoms with Crippen LogP contribution >= 0.6 is 0 Å². The van der Waals surface area contributed by atoms with Crippen LogP contribution in [0.3, 0.4) is 0 Å². The maximum Gasteiger partial charge on any atom is 0.0238 e. The van der Waals surface area contributed by atoms with E-state index in [2.05, 4.69) is 32.7 Å². The highest BCUT2D eigenvalue weighted by atomic mass is 15.1. The van der Waals surface area contributed by atoms with Crippen LogP contribution < -0.4 is 5.73 Å². The molecule has 0 fully saturated rings. The van der Waals surface area contributed by atoms with Crippen LogP contribution in [0.4, 0.5) is 0 Å². The molecular formula is C8H20N2. The van der Waals surface area contributed by atoms with E-state index in [1.165, 1.54) is 0 Å². The Bertz CT molecular complexity index is 81.3. The molecule has 1 unspecified atom stereocenters. The van der Waals surface area contributed by atoms with Gasteiger partial charge in [0.1, 0.15) is 0 Å². The van der Waals surface area contributed by atoms with Gasteiger partial charge in [0, 0.05) is 12.6 Å². The Balaban J connectivity index is 3.80. The molecule has 0 aromatic heterocycles. The standard InChI is InChI=1S/C8H20N2/c1-5-10(4)8(6-9)7(2)3/h7-8H,5-6,9H2,1-4H3. The molecule has 0 amide bonds. The molecule has 0 spiro atoms. The largest absolute Gasteiger partial charge is 0.329 e. The number of rotatable bonds is 4. The van der Waals surface area contributed by atoms with Crippen LogP contribution in [-0.2, 0) is 0 Å². The molecule has 1 atom stereocenters. The van der Waals surface area contributed by atoms with E-state index in [9.17, 15) is 0 Å². The lowest BCUT2D eigenvalue weighted by Gasteiger charge is -2.28. The lowest BCUT2D eigenvalue weighted by atomic mass is 10.0. The normalized spacial score (nSPS) is 14.7. The molecule has 10 heavy (non-hydrogen) atoms. The topological polar surface area (TPSA) is 29.3 Å². The minimum absolute atomic E-state index is 0.546. The molecule has 2 nitrogen and oxygen atoms in total. The molecule has 0 aliphatic rings. The fourth-order valence-electron chi connectivity index (χ4n) is 1.20. The molecule has 0 aromatic carbocycles. The van der Waals surface area contributed by atoms with Crippen LogP contribution in [0.5, 0.6) is 0 Å². The third kappa shape index (κ3) is 2.67. The zero-order chi connectivity index (χ0) is 8.15. The summed E-state index contributed by atoms with van der Waals surface area (Å²) in [7, 11) is 2.12. The van der Waals surface area contributed by atoms with Gasteiger partial charge in [-0.15, -0.1) is 0 Å². The summed E-state index contributed by atoms with van der Waals surface area (Å²) in [4.78, 5) is 2.30. The molecule has 0 rings (SSSR count). The molecule has 0 radical (unpaired) electrons. The van der Waals surface area contributed by atoms with Crippen molar-refractivity contribution in [2.75, 3.05) is 20.1 Å². The first-order chi connectivity index (χ1) is 4.63. The Hall–Kier alpha value is -0.0800. The second-order valence-corrected chi connectivity index (χ2v) is 3.12. The maximum absolute atomic E-state index is 5.61. The molecule has 0 aliphatic carbocycles. The zero-order valence-corrected chi connectivity index (χ0v) is 7.59. The fraction of sp³-hybridized carbons (Fsp3) is 1.00. The Morgan fingerprint density at radius 1 is 1.40 bits per heavy atom. The summed E-state index contributed by atoms with van der Waals surface area (Å²) < 4.78 is 0. The van der Waals surface area contributed by atoms with Crippen molar-refractivity contribution in [1.29, 1.82) is 0 Å². The van der Waals surface area contributed by atoms with Gasteiger partial charge < -0.3 is 10.6 Å². The molecule has 2 N–H and O–H groups in total. The molecule has 0 saturated heterocycles. The summed E-state index contributed by atoms with van der Waals surface area (Å²) in [6.07, 6.45) is 0. The van der Waals surface area contributed by atoms with Crippen LogP contribution in [0.1, 0.15) is 20.8 Å². The Morgan fingerprint density at radius 3 is 2.00 bits per heavy atom. The maximum atomic E-state index is 5.61. The van der Waals surface area contributed by atoms with E-state index in [1.54, 1.807) is 0 Å². The first-order valence-corrected chi connectivity index (χ1v) is 4.03. The smallest absolute Gasteiger partial charge is 0.0238 e. The van der Waals surface area contributed by atoms with Gasteiger partial charge in [-0.05, 0) is 19.5 Å². The van der Waals surface area contributed by atoms with Gasteiger partial charge in [0.2, 0.25) is 0 Å². The summed E-state index contributed by atoms with van der Waals surface area (Å²) in [6, 6.07) is 0.546. The number of hydrogen-bond acceptors (Lipinski definition) is 2. The lowest BCUT2D eigenvalue weighted by molar-refractivity contribution is 0.207. The Labute approximate surface area is 64.4 Å². The van der Waals surface area contributed by atoms with E-state index in [0.29, 0.717) is 12.0 Å². The van der Waals surface area contributed by atoms with Crippen molar-refractivity contribution in [3.05, 3.63) is 0 Å². The Morgan fingerprint density at radius 2 is 1.90 bits per heavy atom. The number of nitrogens with two attached hydrogens (primary N) is 1. The van der Waals surface area contributed by atoms with E-state index in [0.717, 1.165) is 13.1 Å². The van der Waals surface area contributed by atoms with Crippen molar-refractivity contribution >= 4 is 0 Å². The quantitative estimate of drug-likeness (QED) is 0.636. The fourth-order valence-corrected chi connectivity index (χ4v) is 1.20. The van der Waals surface area contributed by atoms with Gasteiger partial charge in [0.05, 0.1) is 0 Å². The summed E-state index contributed by atoms with van der Waals surface area (Å²) in [5.41, 5.74) is 5.61. The van der Waals surface area contributed by atoms with Crippen LogP contribution in [0.25, 0.3) is 0 Å². The SMILES string of the molecule is CCN(C)C(CN)C(C)C. The van der Waals surface area contributed by atoms with Crippen LogP contribution in [0, 0.1) is 5.92 Å². The van der Waals surface area contributed by atoms with Gasteiger partial charge in [-0.1, -0.05) is 20.8 Å². The van der Waals surface area contributed by atoms with E-state index >= 15 is 0 Å². The third-order valence-corrected chi connectivity index (χ3v) is 2.08. The van der Waals surface area contributed by atoms with Crippen LogP contribution in [0.15, 0.2) is 0 Å². The predicted molar refractivity (Wildman–Crippen MR) is 46.0 cm³/mol. The predicted octanol–water partition coefficient (Wildman–Crippen LogP) is 0.921. The van der Waals surface area contributed by atoms with Gasteiger partial charge in [-0.2, -0.15) is 0 Å². The minimum Gasteiger partial charge on any atom is -0.329 e. The number of likely N-dealkylation sites (N-methyl/N-ethyl adjacent to an activating group) is 1. The van der Waals surface area contributed by atoms with E-state index in [4.69, 9.17) is 5.73 Å². The summed E-state index contributed by atoms with van der Waals surface area (Å²) in [5, 5.41) is 0. The summed E-state index contributed by atoms with van der Waals surface area (Å²) in [5.74, 6) is 0.662. The van der Waals surface area contributed by atoms with Gasteiger partial charge >= 0.3 is 0 Å². The van der Waals surface area contributed by atoms with Crippen molar-refractivity contribution in [2.24, 2.45) is 11.7 Å². The lowest BCUT2D eigenvalue weighted by Crippen LogP contribution is -2.41. The van der Waals surface area contributed by atoms with Crippen molar-refractivity contribution in [2.45, 2.75) is 26.8 Å². The van der Waals surface area contributed by atoms with Crippen molar-refractivity contribution in [1.82, 2.24) is 4.90 Å². The Kier molecular flexibility index (Phi) is 4.65. The van der Waals surface area contributed by atoms with E-state index < -0.39 is 0 Å². The van der Waals surface area contributed by atoms with Gasteiger partial charge in [-0.3, -0.25) is 0 Å². The molecular weight excluding hydrogens is 124 g/mol. The summed E-state index contributed by atoms with van der Waals surface area (Å²) >= 11 is 0. The second-order valence-electron chi connectivity index (χ2n) is 3.12. The minimum atomic E-state index is 0.546. The average molecular weight is 144 g/mol. The molecule has 0 aromatic rings. The highest BCUT2D eigenvalue weighted by Crippen LogP contribution is 2.06. The number of nitrogens with zero attached hydrogens (tertiary/aromatic N) is 1. The monoisotopic (exact) mass is 144 g/mol. The molecule has 0 heterocycles. The molecule has 0 aliphatic heterocycles. The molecule has 62 valence electrons. The first-order valence-electron chi connectivity index (χ1n) is 4.03. The highest BCUT2D eigenvalue weighted by Gasteiger charge is 2.14. The van der Waals surface area contributed by atoms with E-state index in [1.807, 2.05) is 0 Å². The molecule has 2 heteroatoms. The highest BCUT2D eigenvalue weighted by molar-refractivity contribution is 4.71. The third-order valence-electron chi connectivity index (χ3n) is 2.08. The average Bonchev–Trinajstić information content (AvgIpc) is 1.88. The first kappa shape index (κ1) is 9.92. The van der Waals surface area contributed by atoms with Gasteiger partial charge in [0.15, 0.2) is 0 Å². The molecule has 0 saturated carbocycles. The zero-order valence-electron chi connectivity index (χ0n) is 7.59. The van der Waals surface area contributed by atoms with Crippen LogP contribution in [-0.4, -0.2) is 31.1 Å². The van der Waals surface area contributed by atoms with Crippen LogP contribution in [0.2, 0.25) is 0 Å². The van der Waals surface area contributed by atoms with Gasteiger partial charge in [0.25, 0.3) is 0 Å². The second kappa shape index (κ2) is 4.69. The van der Waals surface area contributed by atoms with Crippen molar-refractivity contribution < 1.29 is 0 Å². The number of hydrogen-bond donors (Lipinski definition) is 1. The van der Waals surface area contributed by atoms with Crippen molar-refractivity contribution in [3.8, 4) is 0 Å². The summed E-state index contributed by atoms with van der Waals surface area (Å²) in [6.45, 7) is 8.43. The molecule has 0 bridgehead atoms. The van der Waals surface area contributed by atoms with Gasteiger partial charge in [-0.25, -0.2) is 0 Å².